The van der Waals surface area contributed by atoms with Crippen molar-refractivity contribution < 1.29 is 184 Å². The molecule has 0 saturated heterocycles. The molecule has 0 aromatic heterocycles. The molecule has 0 aliphatic heterocycles. The van der Waals surface area contributed by atoms with Gasteiger partial charge in [-0.3, -0.25) is 17.5 Å². The zero-order valence-corrected chi connectivity index (χ0v) is 20.8. The van der Waals surface area contributed by atoms with Gasteiger partial charge in [-0.1, -0.05) is 0 Å². The van der Waals surface area contributed by atoms with Crippen molar-refractivity contribution in [2.75, 3.05) is 0 Å². The van der Waals surface area contributed by atoms with Gasteiger partial charge in [0, 0.05) is 10.4 Å². The molecule has 0 rings (SSSR count). The van der Waals surface area contributed by atoms with Gasteiger partial charge in [-0.2, -0.15) is 4.21 Å². The Bertz CT molecular complexity index is 234. The molecule has 0 saturated carbocycles. The topological polar surface area (TPSA) is 273 Å². The van der Waals surface area contributed by atoms with Crippen molar-refractivity contribution in [3.8, 4) is 0 Å². The van der Waals surface area contributed by atoms with Gasteiger partial charge in [0.25, 0.3) is 11.4 Å². The summed E-state index contributed by atoms with van der Waals surface area (Å²) in [7, 11) is -5.17. The molecule has 0 unspecified atom stereocenters. The molecular formula is CH9BrKNNa2O12S2. The standard InChI is InChI=1S/CH2O3.BrH.K.H3NO.2Na.H2O4S.H2O3S.H2O/c2-1(3)4;;;1-2;;;1-5(2,3)4;1-4(2)3;/h(H2,2,3,4);1H;;2H,1H2;;;(H2,1,2,3,4);(H2,1,2,3);1H2/q;;+1;;2*+1;;;/p-3. The Labute approximate surface area is 213 Å². The van der Waals surface area contributed by atoms with Crippen LogP contribution in [0.4, 0.5) is 4.79 Å². The Morgan fingerprint density at radius 2 is 1.05 bits per heavy atom. The van der Waals surface area contributed by atoms with Crippen LogP contribution < -0.4 is 133 Å². The van der Waals surface area contributed by atoms with Crippen LogP contribution in [0.1, 0.15) is 0 Å². The first-order chi connectivity index (χ1) is 6.46. The van der Waals surface area contributed by atoms with Crippen LogP contribution in [0.25, 0.3) is 0 Å². The van der Waals surface area contributed by atoms with E-state index < -0.39 is 27.9 Å². The number of rotatable bonds is 0. The Morgan fingerprint density at radius 3 is 1.05 bits per heavy atom. The summed E-state index contributed by atoms with van der Waals surface area (Å²) in [6.45, 7) is 0. The summed E-state index contributed by atoms with van der Waals surface area (Å²) in [4.78, 5) is 8.56. The first-order valence-electron chi connectivity index (χ1n) is 2.11. The molecule has 0 bridgehead atoms. The van der Waals surface area contributed by atoms with Crippen molar-refractivity contribution in [1.82, 2.24) is 0 Å². The first kappa shape index (κ1) is 56.7. The minimum absolute atomic E-state index is 0. The molecule has 13 nitrogen and oxygen atoms in total. The van der Waals surface area contributed by atoms with E-state index in [2.05, 4.69) is 5.90 Å². The fourth-order valence-corrected chi connectivity index (χ4v) is 0. The van der Waals surface area contributed by atoms with Gasteiger partial charge in [-0.15, -0.1) is 0 Å². The molecule has 0 aliphatic rings. The monoisotopic (exact) mass is 455 g/mol. The van der Waals surface area contributed by atoms with Crippen LogP contribution in [0.15, 0.2) is 0 Å². The normalized spacial score (nSPS) is 6.15. The third kappa shape index (κ3) is 842. The van der Waals surface area contributed by atoms with Crippen LogP contribution in [0.5, 0.6) is 0 Å². The summed E-state index contributed by atoms with van der Waals surface area (Å²) >= 11 is -2.61. The van der Waals surface area contributed by atoms with E-state index in [0.29, 0.717) is 0 Å². The largest absolute Gasteiger partial charge is 1.00 e. The Balaban J connectivity index is -0.0000000110. The maximum Gasteiger partial charge on any atom is 1.00 e. The minimum atomic E-state index is -5.17. The molecule has 0 amide bonds. The number of hydrogen-bond acceptors (Lipinski definition) is 8. The molecule has 0 aromatic carbocycles. The number of carbonyl (C=O) groups is 1. The maximum absolute atomic E-state index is 8.67. The second kappa shape index (κ2) is 43.2. The predicted octanol–water partition coefficient (Wildman–Crippen LogP) is -14.9. The SMILES string of the molecule is NO.O.O=C(O)O.O=S(=O)([O-])[O-].O=S(O)O.[Br-].[K+].[Na+].[Na+]. The van der Waals surface area contributed by atoms with Crippen molar-refractivity contribution >= 4 is 27.9 Å². The van der Waals surface area contributed by atoms with Crippen LogP contribution in [-0.4, -0.2) is 57.9 Å². The van der Waals surface area contributed by atoms with Crippen LogP contribution >= 0.6 is 0 Å². The second-order valence-electron chi connectivity index (χ2n) is 0.922. The summed E-state index contributed by atoms with van der Waals surface area (Å²) in [6.07, 6.45) is -1.83. The smallest absolute Gasteiger partial charge is 1.00 e. The average molecular weight is 456 g/mol. The summed E-state index contributed by atoms with van der Waals surface area (Å²) < 4.78 is 56.9. The quantitative estimate of drug-likeness (QED) is 0.0652. The Kier molecular flexibility index (Phi) is 122. The molecule has 0 spiro atoms. The van der Waals surface area contributed by atoms with E-state index in [9.17, 15) is 0 Å². The van der Waals surface area contributed by atoms with Gasteiger partial charge in [0.05, 0.1) is 0 Å². The van der Waals surface area contributed by atoms with E-state index in [4.69, 9.17) is 51.1 Å². The van der Waals surface area contributed by atoms with Gasteiger partial charge in [-0.25, -0.2) is 10.7 Å². The molecule has 9 N–H and O–H groups in total. The van der Waals surface area contributed by atoms with E-state index in [-0.39, 0.29) is 133 Å². The third-order valence-electron chi connectivity index (χ3n) is 0. The van der Waals surface area contributed by atoms with Crippen molar-refractivity contribution in [1.29, 1.82) is 0 Å². The predicted molar refractivity (Wildman–Crippen MR) is 44.1 cm³/mol. The maximum atomic E-state index is 8.67. The van der Waals surface area contributed by atoms with Gasteiger partial charge in [0.1, 0.15) is 0 Å². The van der Waals surface area contributed by atoms with Crippen LogP contribution in [0.2, 0.25) is 0 Å². The number of carboxylic acid groups (broad SMARTS) is 2. The van der Waals surface area contributed by atoms with Gasteiger partial charge in [0.15, 0.2) is 0 Å². The Morgan fingerprint density at radius 1 is 1.05 bits per heavy atom. The van der Waals surface area contributed by atoms with Crippen molar-refractivity contribution in [2.45, 2.75) is 0 Å². The summed E-state index contributed by atoms with van der Waals surface area (Å²) in [5.74, 6) is 3.50. The summed E-state index contributed by atoms with van der Waals surface area (Å²) in [6, 6.07) is 0. The average Bonchev–Trinajstić information content (AvgIpc) is 1.83. The fourth-order valence-electron chi connectivity index (χ4n) is 0. The molecule has 19 heteroatoms. The van der Waals surface area contributed by atoms with Gasteiger partial charge >= 0.3 is 117 Å². The zero-order valence-electron chi connectivity index (χ0n) is 10.5. The molecule has 0 radical (unpaired) electrons. The molecule has 0 heterocycles. The molecule has 112 valence electrons. The van der Waals surface area contributed by atoms with Gasteiger partial charge in [0.2, 0.25) is 0 Å². The van der Waals surface area contributed by atoms with E-state index in [0.717, 1.165) is 0 Å². The van der Waals surface area contributed by atoms with Crippen molar-refractivity contribution in [2.24, 2.45) is 5.90 Å². The van der Waals surface area contributed by atoms with Crippen LogP contribution in [-0.2, 0) is 21.8 Å². The van der Waals surface area contributed by atoms with Gasteiger partial charge < -0.3 is 47.0 Å². The van der Waals surface area contributed by atoms with Crippen LogP contribution in [0, 0.1) is 0 Å². The van der Waals surface area contributed by atoms with Gasteiger partial charge in [-0.05, 0) is 0 Å². The molecule has 0 aromatic rings. The van der Waals surface area contributed by atoms with E-state index in [1.807, 2.05) is 0 Å². The van der Waals surface area contributed by atoms with E-state index in [1.54, 1.807) is 0 Å². The van der Waals surface area contributed by atoms with Crippen molar-refractivity contribution in [3.05, 3.63) is 0 Å². The molecular weight excluding hydrogens is 447 g/mol. The van der Waals surface area contributed by atoms with Crippen LogP contribution in [0.3, 0.4) is 0 Å². The van der Waals surface area contributed by atoms with Crippen molar-refractivity contribution in [3.63, 3.8) is 0 Å². The molecule has 20 heavy (non-hydrogen) atoms. The number of halogens is 1. The minimum Gasteiger partial charge on any atom is -1.00 e. The third-order valence-corrected chi connectivity index (χ3v) is 0. The van der Waals surface area contributed by atoms with E-state index >= 15 is 0 Å². The first-order valence-corrected chi connectivity index (χ1v) is 4.50. The zero-order chi connectivity index (χ0) is 13.7. The second-order valence-corrected chi connectivity index (χ2v) is 2.20. The molecule has 0 aliphatic carbocycles. The van der Waals surface area contributed by atoms with E-state index in [1.165, 1.54) is 0 Å². The molecule has 0 fully saturated rings. The fraction of sp³-hybridized carbons (Fsp3) is 0. The summed E-state index contributed by atoms with van der Waals surface area (Å²) in [5.41, 5.74) is 0. The molecule has 0 atom stereocenters. The number of nitrogens with two attached hydrogens (primary N) is 1. The summed E-state index contributed by atoms with van der Waals surface area (Å²) in [5, 5.41) is 20.4. The Hall–Kier alpha value is 3.21. The number of hydrogen-bond donors (Lipinski definition) is 6.